The van der Waals surface area contributed by atoms with E-state index >= 15 is 0 Å². The van der Waals surface area contributed by atoms with E-state index in [1.54, 1.807) is 36.8 Å². The summed E-state index contributed by atoms with van der Waals surface area (Å²) in [6, 6.07) is 8.18. The molecule has 0 amide bonds. The molecule has 1 aliphatic heterocycles. The zero-order valence-corrected chi connectivity index (χ0v) is 12.7. The average molecular weight is 316 g/mol. The molecule has 1 aliphatic rings. The topological polar surface area (TPSA) is 52.6 Å². The molecule has 0 bridgehead atoms. The second kappa shape index (κ2) is 7.00. The van der Waals surface area contributed by atoms with Crippen molar-refractivity contribution in [3.63, 3.8) is 0 Å². The minimum absolute atomic E-state index is 0.0407. The first-order valence-electron chi connectivity index (χ1n) is 7.25. The summed E-state index contributed by atoms with van der Waals surface area (Å²) >= 11 is 0. The Morgan fingerprint density at radius 1 is 1.30 bits per heavy atom. The highest BCUT2D eigenvalue weighted by molar-refractivity contribution is 5.42. The molecule has 0 spiro atoms. The van der Waals surface area contributed by atoms with E-state index in [0.717, 1.165) is 5.56 Å². The lowest BCUT2D eigenvalue weighted by Crippen LogP contribution is -2.25. The highest BCUT2D eigenvalue weighted by Gasteiger charge is 2.25. The van der Waals surface area contributed by atoms with Crippen LogP contribution in [0.25, 0.3) is 0 Å². The zero-order chi connectivity index (χ0) is 16.1. The molecule has 2 aromatic rings. The van der Waals surface area contributed by atoms with Crippen molar-refractivity contribution in [1.29, 1.82) is 0 Å². The van der Waals surface area contributed by atoms with Crippen molar-refractivity contribution in [2.75, 3.05) is 20.3 Å². The number of halogens is 1. The Bertz CT molecular complexity index is 691. The number of methoxy groups -OCH3 is 1. The van der Waals surface area contributed by atoms with Crippen LogP contribution in [0.1, 0.15) is 11.7 Å². The van der Waals surface area contributed by atoms with Crippen LogP contribution in [0.5, 0.6) is 11.5 Å². The molecule has 0 saturated carbocycles. The molecule has 0 aliphatic carbocycles. The monoisotopic (exact) mass is 316 g/mol. The van der Waals surface area contributed by atoms with Gasteiger partial charge in [0.05, 0.1) is 7.11 Å². The number of hydrogen-bond acceptors (Lipinski definition) is 5. The SMILES string of the molecule is COc1cccc(F)c1OC(C1=CNCCO1)c1cccnc1. The summed E-state index contributed by atoms with van der Waals surface area (Å²) in [7, 11) is 1.47. The molecule has 1 unspecified atom stereocenters. The van der Waals surface area contributed by atoms with Gasteiger partial charge in [-0.05, 0) is 18.2 Å². The number of nitrogens with one attached hydrogen (secondary N) is 1. The van der Waals surface area contributed by atoms with Gasteiger partial charge in [0, 0.05) is 30.7 Å². The number of para-hydroxylation sites is 1. The van der Waals surface area contributed by atoms with Crippen LogP contribution in [0.15, 0.2) is 54.7 Å². The van der Waals surface area contributed by atoms with Gasteiger partial charge < -0.3 is 19.5 Å². The summed E-state index contributed by atoms with van der Waals surface area (Å²) in [5.74, 6) is 0.430. The Hall–Kier alpha value is -2.76. The van der Waals surface area contributed by atoms with Gasteiger partial charge in [-0.2, -0.15) is 0 Å². The molecule has 0 fully saturated rings. The molecule has 5 nitrogen and oxygen atoms in total. The van der Waals surface area contributed by atoms with Crippen molar-refractivity contribution in [2.45, 2.75) is 6.10 Å². The minimum atomic E-state index is -0.623. The molecule has 1 atom stereocenters. The smallest absolute Gasteiger partial charge is 0.198 e. The molecule has 0 saturated heterocycles. The molecule has 120 valence electrons. The minimum Gasteiger partial charge on any atom is -0.493 e. The van der Waals surface area contributed by atoms with E-state index in [9.17, 15) is 4.39 Å². The Balaban J connectivity index is 1.98. The van der Waals surface area contributed by atoms with Gasteiger partial charge in [-0.15, -0.1) is 0 Å². The van der Waals surface area contributed by atoms with Crippen LogP contribution in [-0.2, 0) is 4.74 Å². The highest BCUT2D eigenvalue weighted by Crippen LogP contribution is 2.36. The summed E-state index contributed by atoms with van der Waals surface area (Å²) < 4.78 is 31.0. The lowest BCUT2D eigenvalue weighted by molar-refractivity contribution is 0.103. The van der Waals surface area contributed by atoms with Gasteiger partial charge in [-0.1, -0.05) is 12.1 Å². The van der Waals surface area contributed by atoms with Gasteiger partial charge in [0.25, 0.3) is 0 Å². The van der Waals surface area contributed by atoms with Crippen LogP contribution in [-0.4, -0.2) is 25.2 Å². The first-order chi connectivity index (χ1) is 11.3. The Labute approximate surface area is 133 Å². The van der Waals surface area contributed by atoms with Crippen molar-refractivity contribution in [3.05, 3.63) is 66.1 Å². The molecule has 6 heteroatoms. The maximum Gasteiger partial charge on any atom is 0.198 e. The van der Waals surface area contributed by atoms with Crippen molar-refractivity contribution in [3.8, 4) is 11.5 Å². The van der Waals surface area contributed by atoms with Crippen molar-refractivity contribution in [2.24, 2.45) is 0 Å². The molecule has 0 radical (unpaired) electrons. The number of ether oxygens (including phenoxy) is 3. The number of aromatic nitrogens is 1. The quantitative estimate of drug-likeness (QED) is 0.919. The third kappa shape index (κ3) is 3.36. The summed E-state index contributed by atoms with van der Waals surface area (Å²) in [4.78, 5) is 4.10. The second-order valence-corrected chi connectivity index (χ2v) is 4.90. The van der Waals surface area contributed by atoms with Crippen LogP contribution in [0, 0.1) is 5.82 Å². The van der Waals surface area contributed by atoms with Crippen LogP contribution < -0.4 is 14.8 Å². The normalized spacial score (nSPS) is 15.0. The van der Waals surface area contributed by atoms with Crippen LogP contribution in [0.2, 0.25) is 0 Å². The van der Waals surface area contributed by atoms with E-state index in [-0.39, 0.29) is 5.75 Å². The lowest BCUT2D eigenvalue weighted by atomic mass is 10.1. The molecular weight excluding hydrogens is 299 g/mol. The average Bonchev–Trinajstić information content (AvgIpc) is 2.62. The van der Waals surface area contributed by atoms with Gasteiger partial charge in [0.1, 0.15) is 6.61 Å². The molecule has 2 heterocycles. The molecular formula is C17H17FN2O3. The third-order valence-electron chi connectivity index (χ3n) is 3.39. The predicted molar refractivity (Wildman–Crippen MR) is 82.6 cm³/mol. The van der Waals surface area contributed by atoms with E-state index < -0.39 is 11.9 Å². The number of hydrogen-bond donors (Lipinski definition) is 1. The molecule has 1 aromatic heterocycles. The maximum absolute atomic E-state index is 14.2. The van der Waals surface area contributed by atoms with Crippen LogP contribution in [0.3, 0.4) is 0 Å². The fourth-order valence-corrected chi connectivity index (χ4v) is 2.30. The van der Waals surface area contributed by atoms with E-state index in [4.69, 9.17) is 14.2 Å². The molecule has 1 aromatic carbocycles. The Kier molecular flexibility index (Phi) is 4.61. The van der Waals surface area contributed by atoms with Gasteiger partial charge in [0.15, 0.2) is 29.2 Å². The number of pyridine rings is 1. The summed E-state index contributed by atoms with van der Waals surface area (Å²) in [5.41, 5.74) is 0.757. The van der Waals surface area contributed by atoms with Crippen molar-refractivity contribution < 1.29 is 18.6 Å². The fourth-order valence-electron chi connectivity index (χ4n) is 2.30. The summed E-state index contributed by atoms with van der Waals surface area (Å²) in [6.07, 6.45) is 4.44. The van der Waals surface area contributed by atoms with Gasteiger partial charge >= 0.3 is 0 Å². The first kappa shape index (κ1) is 15.1. The summed E-state index contributed by atoms with van der Waals surface area (Å²) in [5, 5.41) is 3.10. The lowest BCUT2D eigenvalue weighted by Gasteiger charge is -2.26. The van der Waals surface area contributed by atoms with E-state index in [2.05, 4.69) is 10.3 Å². The number of rotatable bonds is 5. The second-order valence-electron chi connectivity index (χ2n) is 4.90. The van der Waals surface area contributed by atoms with Crippen molar-refractivity contribution >= 4 is 0 Å². The third-order valence-corrected chi connectivity index (χ3v) is 3.39. The van der Waals surface area contributed by atoms with Gasteiger partial charge in [-0.3, -0.25) is 4.98 Å². The predicted octanol–water partition coefficient (Wildman–Crippen LogP) is 2.81. The Morgan fingerprint density at radius 3 is 2.91 bits per heavy atom. The zero-order valence-electron chi connectivity index (χ0n) is 12.7. The standard InChI is InChI=1S/C17H17FN2O3/c1-21-14-6-2-5-13(18)17(14)23-16(12-4-3-7-19-10-12)15-11-20-8-9-22-15/h2-7,10-11,16,20H,8-9H2,1H3. The summed E-state index contributed by atoms with van der Waals surface area (Å²) in [6.45, 7) is 1.23. The Morgan fingerprint density at radius 2 is 2.22 bits per heavy atom. The van der Waals surface area contributed by atoms with Gasteiger partial charge in [-0.25, -0.2) is 4.39 Å². The van der Waals surface area contributed by atoms with Crippen molar-refractivity contribution in [1.82, 2.24) is 10.3 Å². The molecule has 3 rings (SSSR count). The fraction of sp³-hybridized carbons (Fsp3) is 0.235. The largest absolute Gasteiger partial charge is 0.493 e. The van der Waals surface area contributed by atoms with E-state index in [1.807, 2.05) is 6.07 Å². The van der Waals surface area contributed by atoms with E-state index in [1.165, 1.54) is 13.2 Å². The number of nitrogens with zero attached hydrogens (tertiary/aromatic N) is 1. The van der Waals surface area contributed by atoms with Crippen LogP contribution in [0.4, 0.5) is 4.39 Å². The van der Waals surface area contributed by atoms with Gasteiger partial charge in [0.2, 0.25) is 0 Å². The number of benzene rings is 1. The molecule has 23 heavy (non-hydrogen) atoms. The first-order valence-corrected chi connectivity index (χ1v) is 7.25. The maximum atomic E-state index is 14.2. The van der Waals surface area contributed by atoms with E-state index in [0.29, 0.717) is 24.7 Å². The van der Waals surface area contributed by atoms with Crippen LogP contribution >= 0.6 is 0 Å². The molecule has 1 N–H and O–H groups in total. The highest BCUT2D eigenvalue weighted by atomic mass is 19.1.